The van der Waals surface area contributed by atoms with Gasteiger partial charge in [0.05, 0.1) is 10.6 Å². The van der Waals surface area contributed by atoms with Gasteiger partial charge in [-0.15, -0.1) is 0 Å². The van der Waals surface area contributed by atoms with Crippen LogP contribution in [0.3, 0.4) is 0 Å². The Balaban J connectivity index is 2.31. The molecule has 1 heterocycles. The molecular formula is C10H10N2O4S. The Bertz CT molecular complexity index is 633. The van der Waals surface area contributed by atoms with E-state index in [9.17, 15) is 13.5 Å². The van der Waals surface area contributed by atoms with Crippen molar-refractivity contribution >= 4 is 15.9 Å². The van der Waals surface area contributed by atoms with Crippen LogP contribution in [0.15, 0.2) is 39.8 Å². The number of aromatic nitrogens is 1. The third-order valence-electron chi connectivity index (χ3n) is 1.99. The zero-order valence-corrected chi connectivity index (χ0v) is 9.73. The molecule has 2 N–H and O–H groups in total. The molecule has 2 rings (SSSR count). The Morgan fingerprint density at radius 1 is 1.35 bits per heavy atom. The van der Waals surface area contributed by atoms with Crippen LogP contribution >= 0.6 is 0 Å². The zero-order chi connectivity index (χ0) is 12.5. The highest BCUT2D eigenvalue weighted by molar-refractivity contribution is 7.92. The van der Waals surface area contributed by atoms with Gasteiger partial charge in [-0.2, -0.15) is 0 Å². The van der Waals surface area contributed by atoms with Crippen LogP contribution in [0, 0.1) is 6.92 Å². The van der Waals surface area contributed by atoms with E-state index >= 15 is 0 Å². The summed E-state index contributed by atoms with van der Waals surface area (Å²) in [5.41, 5.74) is 0.568. The standard InChI is InChI=1S/C10H10N2O4S/c1-7-5-10(16-11-7)12-17(14,15)9-4-2-3-8(13)6-9/h2-6,12-13H,1H3. The molecule has 2 aromatic rings. The molecule has 0 saturated heterocycles. The van der Waals surface area contributed by atoms with Gasteiger partial charge in [0.2, 0.25) is 5.88 Å². The van der Waals surface area contributed by atoms with Gasteiger partial charge in [0, 0.05) is 12.1 Å². The lowest BCUT2D eigenvalue weighted by atomic mass is 10.3. The molecule has 1 aromatic heterocycles. The largest absolute Gasteiger partial charge is 0.508 e. The van der Waals surface area contributed by atoms with Gasteiger partial charge in [0.1, 0.15) is 5.75 Å². The molecule has 90 valence electrons. The Morgan fingerprint density at radius 2 is 2.12 bits per heavy atom. The number of aromatic hydroxyl groups is 1. The average molecular weight is 254 g/mol. The second-order valence-electron chi connectivity index (χ2n) is 3.44. The minimum absolute atomic E-state index is 0.0332. The second-order valence-corrected chi connectivity index (χ2v) is 5.12. The Hall–Kier alpha value is -2.02. The number of benzene rings is 1. The molecule has 0 amide bonds. The molecule has 0 atom stereocenters. The number of phenols is 1. The van der Waals surface area contributed by atoms with Crippen molar-refractivity contribution in [2.75, 3.05) is 4.72 Å². The maximum absolute atomic E-state index is 11.9. The summed E-state index contributed by atoms with van der Waals surface area (Å²) in [7, 11) is -3.77. The van der Waals surface area contributed by atoms with Gasteiger partial charge in [-0.05, 0) is 19.1 Å². The number of phenolic OH excluding ortho intramolecular Hbond substituents is 1. The van der Waals surface area contributed by atoms with Crippen molar-refractivity contribution in [3.63, 3.8) is 0 Å². The fourth-order valence-electron chi connectivity index (χ4n) is 1.25. The highest BCUT2D eigenvalue weighted by Gasteiger charge is 2.16. The summed E-state index contributed by atoms with van der Waals surface area (Å²) in [6.45, 7) is 1.68. The summed E-state index contributed by atoms with van der Waals surface area (Å²) in [6.07, 6.45) is 0. The number of sulfonamides is 1. The van der Waals surface area contributed by atoms with Crippen molar-refractivity contribution in [1.82, 2.24) is 5.16 Å². The predicted molar refractivity (Wildman–Crippen MR) is 60.2 cm³/mol. The van der Waals surface area contributed by atoms with E-state index in [4.69, 9.17) is 4.52 Å². The number of nitrogens with one attached hydrogen (secondary N) is 1. The number of anilines is 1. The SMILES string of the molecule is Cc1cc(NS(=O)(=O)c2cccc(O)c2)on1. The van der Waals surface area contributed by atoms with Crippen LogP contribution in [0.4, 0.5) is 5.88 Å². The van der Waals surface area contributed by atoms with Crippen molar-refractivity contribution in [2.24, 2.45) is 0 Å². The molecule has 0 aliphatic carbocycles. The van der Waals surface area contributed by atoms with Crippen molar-refractivity contribution in [1.29, 1.82) is 0 Å². The van der Waals surface area contributed by atoms with Crippen LogP contribution in [0.25, 0.3) is 0 Å². The van der Waals surface area contributed by atoms with Crippen LogP contribution in [0.2, 0.25) is 0 Å². The number of nitrogens with zero attached hydrogens (tertiary/aromatic N) is 1. The lowest BCUT2D eigenvalue weighted by Gasteiger charge is -2.04. The Kier molecular flexibility index (Phi) is 2.76. The maximum atomic E-state index is 11.9. The molecule has 0 bridgehead atoms. The van der Waals surface area contributed by atoms with Gasteiger partial charge in [-0.25, -0.2) is 13.1 Å². The molecule has 7 heteroatoms. The van der Waals surface area contributed by atoms with Crippen molar-refractivity contribution < 1.29 is 18.0 Å². The summed E-state index contributed by atoms with van der Waals surface area (Å²) in [4.78, 5) is -0.0495. The van der Waals surface area contributed by atoms with E-state index in [0.717, 1.165) is 6.07 Å². The molecule has 0 aliphatic heterocycles. The number of hydrogen-bond donors (Lipinski definition) is 2. The van der Waals surface area contributed by atoms with E-state index in [1.54, 1.807) is 6.92 Å². The van der Waals surface area contributed by atoms with Gasteiger partial charge in [0.15, 0.2) is 0 Å². The van der Waals surface area contributed by atoms with Crippen LogP contribution in [0.1, 0.15) is 5.69 Å². The zero-order valence-electron chi connectivity index (χ0n) is 8.91. The van der Waals surface area contributed by atoms with E-state index in [0.29, 0.717) is 5.69 Å². The molecule has 0 saturated carbocycles. The van der Waals surface area contributed by atoms with Crippen molar-refractivity contribution in [2.45, 2.75) is 11.8 Å². The van der Waals surface area contributed by atoms with Gasteiger partial charge in [-0.3, -0.25) is 0 Å². The Morgan fingerprint density at radius 3 is 2.71 bits per heavy atom. The average Bonchev–Trinajstić information content (AvgIpc) is 2.63. The third-order valence-corrected chi connectivity index (χ3v) is 3.34. The molecule has 6 nitrogen and oxygen atoms in total. The summed E-state index contributed by atoms with van der Waals surface area (Å²) >= 11 is 0. The van der Waals surface area contributed by atoms with Gasteiger partial charge in [0.25, 0.3) is 10.0 Å². The summed E-state index contributed by atoms with van der Waals surface area (Å²) in [5.74, 6) is -0.0903. The number of aryl methyl sites for hydroxylation is 1. The fourth-order valence-corrected chi connectivity index (χ4v) is 2.27. The minimum atomic E-state index is -3.77. The van der Waals surface area contributed by atoms with Crippen molar-refractivity contribution in [3.05, 3.63) is 36.0 Å². The van der Waals surface area contributed by atoms with Gasteiger partial charge >= 0.3 is 0 Å². The van der Waals surface area contributed by atoms with E-state index < -0.39 is 10.0 Å². The van der Waals surface area contributed by atoms with Gasteiger partial charge < -0.3 is 9.63 Å². The molecular weight excluding hydrogens is 244 g/mol. The molecule has 17 heavy (non-hydrogen) atoms. The summed E-state index contributed by atoms with van der Waals surface area (Å²) in [6, 6.07) is 6.80. The van der Waals surface area contributed by atoms with Crippen molar-refractivity contribution in [3.8, 4) is 5.75 Å². The third kappa shape index (κ3) is 2.56. The molecule has 0 aliphatic rings. The van der Waals surface area contributed by atoms with Gasteiger partial charge in [-0.1, -0.05) is 11.2 Å². The van der Waals surface area contributed by atoms with E-state index in [-0.39, 0.29) is 16.5 Å². The highest BCUT2D eigenvalue weighted by atomic mass is 32.2. The predicted octanol–water partition coefficient (Wildman–Crippen LogP) is 1.49. The van der Waals surface area contributed by atoms with E-state index in [1.165, 1.54) is 24.3 Å². The monoisotopic (exact) mass is 254 g/mol. The van der Waals surface area contributed by atoms with E-state index in [2.05, 4.69) is 9.88 Å². The first kappa shape index (κ1) is 11.5. The molecule has 0 fully saturated rings. The van der Waals surface area contributed by atoms with E-state index in [1.807, 2.05) is 0 Å². The van der Waals surface area contributed by atoms with Crippen LogP contribution in [-0.4, -0.2) is 18.7 Å². The highest BCUT2D eigenvalue weighted by Crippen LogP contribution is 2.19. The van der Waals surface area contributed by atoms with Crippen LogP contribution in [-0.2, 0) is 10.0 Å². The minimum Gasteiger partial charge on any atom is -0.508 e. The topological polar surface area (TPSA) is 92.4 Å². The fraction of sp³-hybridized carbons (Fsp3) is 0.100. The maximum Gasteiger partial charge on any atom is 0.264 e. The summed E-state index contributed by atoms with van der Waals surface area (Å²) in [5, 5.41) is 12.8. The smallest absolute Gasteiger partial charge is 0.264 e. The first-order chi connectivity index (χ1) is 7.97. The first-order valence-corrected chi connectivity index (χ1v) is 6.21. The number of rotatable bonds is 3. The molecule has 0 radical (unpaired) electrons. The Labute approximate surface area is 97.9 Å². The second kappa shape index (κ2) is 4.10. The normalized spacial score (nSPS) is 11.4. The molecule has 0 spiro atoms. The lowest BCUT2D eigenvalue weighted by Crippen LogP contribution is -2.12. The van der Waals surface area contributed by atoms with Crippen LogP contribution < -0.4 is 4.72 Å². The quantitative estimate of drug-likeness (QED) is 0.865. The summed E-state index contributed by atoms with van der Waals surface area (Å²) < 4.78 is 30.7. The lowest BCUT2D eigenvalue weighted by molar-refractivity contribution is 0.430. The van der Waals surface area contributed by atoms with Crippen LogP contribution in [0.5, 0.6) is 5.75 Å². The molecule has 1 aromatic carbocycles. The first-order valence-electron chi connectivity index (χ1n) is 4.72. The molecule has 0 unspecified atom stereocenters. The number of hydrogen-bond acceptors (Lipinski definition) is 5.